The molecule has 6 heteroatoms. The van der Waals surface area contributed by atoms with Crippen LogP contribution in [0.5, 0.6) is 5.75 Å². The number of carbonyl (C=O) groups is 2. The fourth-order valence-corrected chi connectivity index (χ4v) is 3.06. The van der Waals surface area contributed by atoms with E-state index in [-0.39, 0.29) is 11.8 Å². The molecule has 0 atom stereocenters. The average molecular weight is 354 g/mol. The SMILES string of the molecule is O=C(O)C1CCN(C(=O)Cc2cccc(OCc3cccnc3)c2)CC1. The predicted octanol–water partition coefficient (Wildman–Crippen LogP) is 2.53. The Balaban J connectivity index is 1.53. The minimum Gasteiger partial charge on any atom is -0.489 e. The van der Waals surface area contributed by atoms with Crippen LogP contribution in [0.25, 0.3) is 0 Å². The lowest BCUT2D eigenvalue weighted by Gasteiger charge is -2.30. The summed E-state index contributed by atoms with van der Waals surface area (Å²) in [4.78, 5) is 29.3. The molecule has 2 heterocycles. The third kappa shape index (κ3) is 4.81. The van der Waals surface area contributed by atoms with Crippen LogP contribution < -0.4 is 4.74 Å². The monoisotopic (exact) mass is 354 g/mol. The molecule has 1 aliphatic heterocycles. The number of hydrogen-bond acceptors (Lipinski definition) is 4. The van der Waals surface area contributed by atoms with Gasteiger partial charge in [-0.05, 0) is 36.6 Å². The molecule has 136 valence electrons. The lowest BCUT2D eigenvalue weighted by atomic mass is 9.96. The Morgan fingerprint density at radius 3 is 2.62 bits per heavy atom. The Labute approximate surface area is 152 Å². The third-order valence-corrected chi connectivity index (χ3v) is 4.58. The maximum absolute atomic E-state index is 12.5. The number of aromatic nitrogens is 1. The van der Waals surface area contributed by atoms with Gasteiger partial charge in [0.15, 0.2) is 0 Å². The quantitative estimate of drug-likeness (QED) is 0.862. The fraction of sp³-hybridized carbons (Fsp3) is 0.350. The Morgan fingerprint density at radius 1 is 1.15 bits per heavy atom. The van der Waals surface area contributed by atoms with E-state index in [1.165, 1.54) is 0 Å². The summed E-state index contributed by atoms with van der Waals surface area (Å²) >= 11 is 0. The van der Waals surface area contributed by atoms with Crippen LogP contribution in [0.15, 0.2) is 48.8 Å². The standard InChI is InChI=1S/C20H22N2O4/c23-19(22-9-6-17(7-10-22)20(24)25)12-15-3-1-5-18(11-15)26-14-16-4-2-8-21-13-16/h1-5,8,11,13,17H,6-7,9-10,12,14H2,(H,24,25). The number of carboxylic acids is 1. The van der Waals surface area contributed by atoms with E-state index in [2.05, 4.69) is 4.98 Å². The number of carbonyl (C=O) groups excluding carboxylic acids is 1. The molecule has 2 aromatic rings. The van der Waals surface area contributed by atoms with Crippen molar-refractivity contribution in [1.82, 2.24) is 9.88 Å². The van der Waals surface area contributed by atoms with Gasteiger partial charge in [-0.1, -0.05) is 18.2 Å². The largest absolute Gasteiger partial charge is 0.489 e. The minimum absolute atomic E-state index is 0.0262. The first-order valence-electron chi connectivity index (χ1n) is 8.73. The van der Waals surface area contributed by atoms with Crippen molar-refractivity contribution in [3.63, 3.8) is 0 Å². The van der Waals surface area contributed by atoms with Crippen LogP contribution in [-0.2, 0) is 22.6 Å². The summed E-state index contributed by atoms with van der Waals surface area (Å²) in [6.07, 6.45) is 4.82. The van der Waals surface area contributed by atoms with Crippen LogP contribution >= 0.6 is 0 Å². The van der Waals surface area contributed by atoms with Gasteiger partial charge in [-0.15, -0.1) is 0 Å². The van der Waals surface area contributed by atoms with E-state index in [1.54, 1.807) is 17.3 Å². The van der Waals surface area contributed by atoms with Gasteiger partial charge in [-0.25, -0.2) is 0 Å². The Hall–Kier alpha value is -2.89. The van der Waals surface area contributed by atoms with Gasteiger partial charge in [0.1, 0.15) is 12.4 Å². The first kappa shape index (κ1) is 17.9. The summed E-state index contributed by atoms with van der Waals surface area (Å²) in [5, 5.41) is 9.04. The zero-order chi connectivity index (χ0) is 18.4. The molecule has 0 radical (unpaired) electrons. The molecule has 1 amide bonds. The number of benzene rings is 1. The van der Waals surface area contributed by atoms with Gasteiger partial charge in [-0.2, -0.15) is 0 Å². The molecule has 1 aromatic heterocycles. The van der Waals surface area contributed by atoms with Crippen LogP contribution in [0.3, 0.4) is 0 Å². The molecule has 3 rings (SSSR count). The lowest BCUT2D eigenvalue weighted by molar-refractivity contribution is -0.145. The molecule has 1 aliphatic rings. The Morgan fingerprint density at radius 2 is 1.92 bits per heavy atom. The zero-order valence-corrected chi connectivity index (χ0v) is 14.5. The van der Waals surface area contributed by atoms with E-state index in [0.29, 0.717) is 44.7 Å². The first-order chi connectivity index (χ1) is 12.6. The number of rotatable bonds is 6. The van der Waals surface area contributed by atoms with Gasteiger partial charge in [0, 0.05) is 31.0 Å². The van der Waals surface area contributed by atoms with E-state index in [9.17, 15) is 9.59 Å². The number of ether oxygens (including phenoxy) is 1. The highest BCUT2D eigenvalue weighted by atomic mass is 16.5. The number of nitrogens with zero attached hydrogens (tertiary/aromatic N) is 2. The van der Waals surface area contributed by atoms with Crippen molar-refractivity contribution in [2.75, 3.05) is 13.1 Å². The van der Waals surface area contributed by atoms with Crippen LogP contribution in [0.4, 0.5) is 0 Å². The maximum Gasteiger partial charge on any atom is 0.306 e. The highest BCUT2D eigenvalue weighted by molar-refractivity contribution is 5.79. The lowest BCUT2D eigenvalue weighted by Crippen LogP contribution is -2.40. The van der Waals surface area contributed by atoms with E-state index < -0.39 is 5.97 Å². The van der Waals surface area contributed by atoms with Crippen LogP contribution in [0, 0.1) is 5.92 Å². The molecule has 0 unspecified atom stereocenters. The van der Waals surface area contributed by atoms with Crippen LogP contribution in [0.2, 0.25) is 0 Å². The molecule has 1 fully saturated rings. The Kier molecular flexibility index (Phi) is 5.84. The van der Waals surface area contributed by atoms with E-state index in [0.717, 1.165) is 11.1 Å². The summed E-state index contributed by atoms with van der Waals surface area (Å²) in [6, 6.07) is 11.3. The normalized spacial score (nSPS) is 14.8. The highest BCUT2D eigenvalue weighted by Gasteiger charge is 2.26. The number of amides is 1. The molecule has 1 N–H and O–H groups in total. The van der Waals surface area contributed by atoms with Gasteiger partial charge in [-0.3, -0.25) is 14.6 Å². The topological polar surface area (TPSA) is 79.7 Å². The predicted molar refractivity (Wildman–Crippen MR) is 95.7 cm³/mol. The number of piperidine rings is 1. The van der Waals surface area contributed by atoms with Gasteiger partial charge < -0.3 is 14.7 Å². The van der Waals surface area contributed by atoms with Crippen molar-refractivity contribution >= 4 is 11.9 Å². The second-order valence-electron chi connectivity index (χ2n) is 6.47. The number of aliphatic carboxylic acids is 1. The summed E-state index contributed by atoms with van der Waals surface area (Å²) in [5.74, 6) is -0.360. The second kappa shape index (κ2) is 8.47. The van der Waals surface area contributed by atoms with Crippen molar-refractivity contribution in [3.8, 4) is 5.75 Å². The van der Waals surface area contributed by atoms with Gasteiger partial charge in [0.05, 0.1) is 12.3 Å². The maximum atomic E-state index is 12.5. The molecular weight excluding hydrogens is 332 g/mol. The van der Waals surface area contributed by atoms with E-state index in [1.807, 2.05) is 36.4 Å². The minimum atomic E-state index is -0.768. The molecule has 0 bridgehead atoms. The summed E-state index contributed by atoms with van der Waals surface area (Å²) in [7, 11) is 0. The van der Waals surface area contributed by atoms with Gasteiger partial charge >= 0.3 is 5.97 Å². The number of pyridine rings is 1. The summed E-state index contributed by atoms with van der Waals surface area (Å²) in [6.45, 7) is 1.44. The molecule has 6 nitrogen and oxygen atoms in total. The molecule has 0 saturated carbocycles. The van der Waals surface area contributed by atoms with Crippen molar-refractivity contribution < 1.29 is 19.4 Å². The van der Waals surface area contributed by atoms with Crippen molar-refractivity contribution in [2.24, 2.45) is 5.92 Å². The smallest absolute Gasteiger partial charge is 0.306 e. The third-order valence-electron chi connectivity index (χ3n) is 4.58. The average Bonchev–Trinajstić information content (AvgIpc) is 2.67. The first-order valence-corrected chi connectivity index (χ1v) is 8.73. The van der Waals surface area contributed by atoms with Crippen molar-refractivity contribution in [3.05, 3.63) is 59.9 Å². The van der Waals surface area contributed by atoms with E-state index in [4.69, 9.17) is 9.84 Å². The number of likely N-dealkylation sites (tertiary alicyclic amines) is 1. The Bertz CT molecular complexity index is 755. The summed E-state index contributed by atoms with van der Waals surface area (Å²) < 4.78 is 5.77. The van der Waals surface area contributed by atoms with Crippen LogP contribution in [0.1, 0.15) is 24.0 Å². The molecular formula is C20H22N2O4. The van der Waals surface area contributed by atoms with Crippen molar-refractivity contribution in [2.45, 2.75) is 25.9 Å². The van der Waals surface area contributed by atoms with Crippen LogP contribution in [-0.4, -0.2) is 40.0 Å². The van der Waals surface area contributed by atoms with Crippen molar-refractivity contribution in [1.29, 1.82) is 0 Å². The summed E-state index contributed by atoms with van der Waals surface area (Å²) in [5.41, 5.74) is 1.87. The van der Waals surface area contributed by atoms with Gasteiger partial charge in [0.2, 0.25) is 5.91 Å². The molecule has 0 aliphatic carbocycles. The number of carboxylic acid groups (broad SMARTS) is 1. The molecule has 1 aromatic carbocycles. The second-order valence-corrected chi connectivity index (χ2v) is 6.47. The zero-order valence-electron chi connectivity index (χ0n) is 14.5. The molecule has 1 saturated heterocycles. The van der Waals surface area contributed by atoms with E-state index >= 15 is 0 Å². The molecule has 0 spiro atoms. The fourth-order valence-electron chi connectivity index (χ4n) is 3.06. The highest BCUT2D eigenvalue weighted by Crippen LogP contribution is 2.20. The van der Waals surface area contributed by atoms with Gasteiger partial charge in [0.25, 0.3) is 0 Å². The molecule has 26 heavy (non-hydrogen) atoms. The number of hydrogen-bond donors (Lipinski definition) is 1.